The maximum absolute atomic E-state index is 11.9. The zero-order valence-electron chi connectivity index (χ0n) is 12.0. The third kappa shape index (κ3) is 5.03. The summed E-state index contributed by atoms with van der Waals surface area (Å²) in [4.78, 5) is 14.4. The molecule has 0 aromatic rings. The molecule has 1 saturated heterocycles. The van der Waals surface area contributed by atoms with Gasteiger partial charge >= 0.3 is 0 Å². The molecule has 2 aliphatic rings. The number of likely N-dealkylation sites (tertiary alicyclic amines) is 1. The van der Waals surface area contributed by atoms with Gasteiger partial charge in [0.1, 0.15) is 9.84 Å². The Bertz CT molecular complexity index is 440. The minimum absolute atomic E-state index is 0.0400. The van der Waals surface area contributed by atoms with Crippen LogP contribution in [0.3, 0.4) is 0 Å². The summed E-state index contributed by atoms with van der Waals surface area (Å²) >= 11 is 0. The third-order valence-electron chi connectivity index (χ3n) is 4.08. The highest BCUT2D eigenvalue weighted by atomic mass is 32.2. The maximum Gasteiger partial charge on any atom is 0.237 e. The molecule has 7 heteroatoms. The van der Waals surface area contributed by atoms with E-state index >= 15 is 0 Å². The summed E-state index contributed by atoms with van der Waals surface area (Å²) in [5.74, 6) is -0.264. The van der Waals surface area contributed by atoms with Crippen molar-refractivity contribution in [3.63, 3.8) is 0 Å². The van der Waals surface area contributed by atoms with Crippen molar-refractivity contribution in [3.05, 3.63) is 0 Å². The van der Waals surface area contributed by atoms with Crippen LogP contribution in [-0.2, 0) is 14.6 Å². The van der Waals surface area contributed by atoms with Gasteiger partial charge in [0.2, 0.25) is 5.91 Å². The number of piperidine rings is 1. The normalized spacial score (nSPS) is 23.5. The predicted molar refractivity (Wildman–Crippen MR) is 78.1 cm³/mol. The van der Waals surface area contributed by atoms with Crippen LogP contribution in [0.1, 0.15) is 32.1 Å². The lowest BCUT2D eigenvalue weighted by Gasteiger charge is -2.32. The lowest BCUT2D eigenvalue weighted by atomic mass is 10.0. The molecule has 1 heterocycles. The fourth-order valence-electron chi connectivity index (χ4n) is 2.63. The number of carbonyl (C=O) groups excluding carboxylic acids is 1. The van der Waals surface area contributed by atoms with E-state index in [9.17, 15) is 13.2 Å². The average Bonchev–Trinajstić information content (AvgIpc) is 3.20. The summed E-state index contributed by atoms with van der Waals surface area (Å²) in [6.07, 6.45) is 5.89. The Balaban J connectivity index is 1.68. The van der Waals surface area contributed by atoms with Crippen molar-refractivity contribution < 1.29 is 13.2 Å². The van der Waals surface area contributed by atoms with Crippen molar-refractivity contribution in [2.75, 3.05) is 25.1 Å². The molecule has 0 spiro atoms. The van der Waals surface area contributed by atoms with Crippen LogP contribution in [0, 0.1) is 0 Å². The summed E-state index contributed by atoms with van der Waals surface area (Å²) in [6, 6.07) is 0.233. The van der Waals surface area contributed by atoms with Gasteiger partial charge in [0.15, 0.2) is 0 Å². The predicted octanol–water partition coefficient (Wildman–Crippen LogP) is -0.509. The summed E-state index contributed by atoms with van der Waals surface area (Å²) in [5.41, 5.74) is 5.74. The second-order valence-electron chi connectivity index (χ2n) is 6.08. The number of nitrogens with zero attached hydrogens (tertiary/aromatic N) is 1. The Morgan fingerprint density at radius 1 is 1.30 bits per heavy atom. The molecule has 2 rings (SSSR count). The van der Waals surface area contributed by atoms with Gasteiger partial charge in [0.05, 0.1) is 11.8 Å². The van der Waals surface area contributed by atoms with Crippen molar-refractivity contribution in [2.45, 2.75) is 50.2 Å². The van der Waals surface area contributed by atoms with Gasteiger partial charge < -0.3 is 16.0 Å². The monoisotopic (exact) mass is 303 g/mol. The van der Waals surface area contributed by atoms with E-state index in [4.69, 9.17) is 5.73 Å². The van der Waals surface area contributed by atoms with Gasteiger partial charge in [-0.05, 0) is 32.1 Å². The molecule has 116 valence electrons. The van der Waals surface area contributed by atoms with Gasteiger partial charge in [-0.15, -0.1) is 0 Å². The Morgan fingerprint density at radius 2 is 1.90 bits per heavy atom. The van der Waals surface area contributed by atoms with Crippen LogP contribution in [0.2, 0.25) is 0 Å². The molecule has 0 aromatic carbocycles. The lowest BCUT2D eigenvalue weighted by Crippen LogP contribution is -2.50. The van der Waals surface area contributed by atoms with Gasteiger partial charge in [0, 0.05) is 31.4 Å². The second kappa shape index (κ2) is 6.41. The smallest absolute Gasteiger partial charge is 0.237 e. The first kappa shape index (κ1) is 15.7. The molecule has 20 heavy (non-hydrogen) atoms. The van der Waals surface area contributed by atoms with Gasteiger partial charge in [0.25, 0.3) is 0 Å². The average molecular weight is 303 g/mol. The summed E-state index contributed by atoms with van der Waals surface area (Å²) < 4.78 is 22.1. The molecule has 0 radical (unpaired) electrons. The van der Waals surface area contributed by atoms with Crippen molar-refractivity contribution in [1.82, 2.24) is 10.2 Å². The van der Waals surface area contributed by atoms with E-state index in [0.717, 1.165) is 38.2 Å². The molecule has 1 amide bonds. The second-order valence-corrected chi connectivity index (χ2v) is 8.33. The number of sulfone groups is 1. The number of amides is 1. The van der Waals surface area contributed by atoms with Gasteiger partial charge in [-0.25, -0.2) is 8.42 Å². The Kier molecular flexibility index (Phi) is 5.04. The zero-order valence-corrected chi connectivity index (χ0v) is 12.9. The first-order valence-corrected chi connectivity index (χ1v) is 9.39. The topological polar surface area (TPSA) is 92.5 Å². The van der Waals surface area contributed by atoms with Crippen LogP contribution in [0.5, 0.6) is 0 Å². The Morgan fingerprint density at radius 3 is 2.40 bits per heavy atom. The van der Waals surface area contributed by atoms with Crippen molar-refractivity contribution in [3.8, 4) is 0 Å². The molecule has 6 nitrogen and oxygen atoms in total. The van der Waals surface area contributed by atoms with E-state index in [2.05, 4.69) is 10.2 Å². The van der Waals surface area contributed by atoms with Crippen LogP contribution in [0.25, 0.3) is 0 Å². The fourth-order valence-corrected chi connectivity index (χ4v) is 3.31. The highest BCUT2D eigenvalue weighted by molar-refractivity contribution is 7.90. The number of carbonyl (C=O) groups is 1. The summed E-state index contributed by atoms with van der Waals surface area (Å²) in [7, 11) is -3.06. The molecule has 2 fully saturated rings. The zero-order chi connectivity index (χ0) is 14.8. The molecule has 0 aromatic heterocycles. The van der Waals surface area contributed by atoms with Crippen LogP contribution in [0.4, 0.5) is 0 Å². The van der Waals surface area contributed by atoms with E-state index in [0.29, 0.717) is 0 Å². The Labute approximate surface area is 121 Å². The minimum atomic E-state index is -3.06. The van der Waals surface area contributed by atoms with Crippen LogP contribution in [-0.4, -0.2) is 62.4 Å². The number of hydrogen-bond acceptors (Lipinski definition) is 5. The standard InChI is InChI=1S/C13H25N3O3S/c1-20(18,19)9-6-12(14)13(17)15-10-4-7-16(8-5-10)11-2-3-11/h10-12H,2-9,14H2,1H3,(H,15,17). The van der Waals surface area contributed by atoms with Gasteiger partial charge in [-0.1, -0.05) is 0 Å². The van der Waals surface area contributed by atoms with Crippen LogP contribution < -0.4 is 11.1 Å². The van der Waals surface area contributed by atoms with E-state index in [1.54, 1.807) is 0 Å². The lowest BCUT2D eigenvalue weighted by molar-refractivity contribution is -0.123. The van der Waals surface area contributed by atoms with Crippen molar-refractivity contribution in [1.29, 1.82) is 0 Å². The van der Waals surface area contributed by atoms with E-state index in [1.807, 2.05) is 0 Å². The van der Waals surface area contributed by atoms with E-state index < -0.39 is 15.9 Å². The van der Waals surface area contributed by atoms with Gasteiger partial charge in [-0.2, -0.15) is 0 Å². The van der Waals surface area contributed by atoms with E-state index in [1.165, 1.54) is 12.8 Å². The molecule has 1 aliphatic carbocycles. The Hall–Kier alpha value is -0.660. The molecule has 3 N–H and O–H groups in total. The first-order valence-electron chi connectivity index (χ1n) is 7.33. The minimum Gasteiger partial charge on any atom is -0.352 e. The fraction of sp³-hybridized carbons (Fsp3) is 0.923. The molecular weight excluding hydrogens is 278 g/mol. The molecule has 0 bridgehead atoms. The molecule has 1 saturated carbocycles. The van der Waals surface area contributed by atoms with Crippen molar-refractivity contribution in [2.24, 2.45) is 5.73 Å². The molecule has 1 unspecified atom stereocenters. The quantitative estimate of drug-likeness (QED) is 0.689. The third-order valence-corrected chi connectivity index (χ3v) is 5.05. The van der Waals surface area contributed by atoms with Gasteiger partial charge in [-0.3, -0.25) is 4.79 Å². The molecular formula is C13H25N3O3S. The largest absolute Gasteiger partial charge is 0.352 e. The number of rotatable bonds is 6. The first-order chi connectivity index (χ1) is 9.35. The SMILES string of the molecule is CS(=O)(=O)CCC(N)C(=O)NC1CCN(C2CC2)CC1. The molecule has 1 atom stereocenters. The number of hydrogen-bond donors (Lipinski definition) is 2. The molecule has 1 aliphatic heterocycles. The van der Waals surface area contributed by atoms with Crippen molar-refractivity contribution >= 4 is 15.7 Å². The number of nitrogens with two attached hydrogens (primary N) is 1. The summed E-state index contributed by atoms with van der Waals surface area (Å²) in [6.45, 7) is 2.07. The van der Waals surface area contributed by atoms with E-state index in [-0.39, 0.29) is 24.1 Å². The maximum atomic E-state index is 11.9. The highest BCUT2D eigenvalue weighted by Gasteiger charge is 2.32. The highest BCUT2D eigenvalue weighted by Crippen LogP contribution is 2.29. The van der Waals surface area contributed by atoms with Crippen LogP contribution >= 0.6 is 0 Å². The number of nitrogens with one attached hydrogen (secondary N) is 1. The van der Waals surface area contributed by atoms with Crippen LogP contribution in [0.15, 0.2) is 0 Å². The summed E-state index contributed by atoms with van der Waals surface area (Å²) in [5, 5.41) is 2.95.